The van der Waals surface area contributed by atoms with Crippen LogP contribution in [0.2, 0.25) is 0 Å². The maximum atomic E-state index is 13.1. The summed E-state index contributed by atoms with van der Waals surface area (Å²) in [7, 11) is 1.79. The molecular formula is C22H25FN6O2. The number of piperazine rings is 1. The highest BCUT2D eigenvalue weighted by Gasteiger charge is 2.20. The summed E-state index contributed by atoms with van der Waals surface area (Å²) < 4.78 is 23.7. The maximum Gasteiger partial charge on any atom is 0.219 e. The highest BCUT2D eigenvalue weighted by Crippen LogP contribution is 2.20. The van der Waals surface area contributed by atoms with Crippen molar-refractivity contribution in [2.75, 3.05) is 33.2 Å². The van der Waals surface area contributed by atoms with Crippen LogP contribution in [-0.2, 0) is 13.1 Å². The standard InChI is InChI=1S/C22H25FN6O2/c1-24-22(29-11-9-28(10-12-29)16-19-7-13-30-27-19)26-15-17-6-8-25-21(14-17)31-20-4-2-18(23)3-5-20/h2-8,13-14H,9-12,15-16H2,1H3,(H,24,26). The van der Waals surface area contributed by atoms with E-state index in [9.17, 15) is 4.39 Å². The zero-order valence-corrected chi connectivity index (χ0v) is 17.4. The molecule has 2 aromatic heterocycles. The minimum absolute atomic E-state index is 0.302. The molecule has 1 saturated heterocycles. The first-order chi connectivity index (χ1) is 15.2. The molecule has 8 nitrogen and oxygen atoms in total. The van der Waals surface area contributed by atoms with Gasteiger partial charge in [0, 0.05) is 64.6 Å². The number of halogens is 1. The number of nitrogens with one attached hydrogen (secondary N) is 1. The molecule has 9 heteroatoms. The second kappa shape index (κ2) is 10.0. The number of aromatic nitrogens is 2. The van der Waals surface area contributed by atoms with Gasteiger partial charge in [0.25, 0.3) is 0 Å². The topological polar surface area (TPSA) is 79.0 Å². The average molecular weight is 424 g/mol. The Morgan fingerprint density at radius 1 is 1.16 bits per heavy atom. The Kier molecular flexibility index (Phi) is 6.73. The van der Waals surface area contributed by atoms with Gasteiger partial charge in [-0.15, -0.1) is 0 Å². The number of ether oxygens (including phenoxy) is 1. The van der Waals surface area contributed by atoms with Crippen LogP contribution in [0.25, 0.3) is 0 Å². The van der Waals surface area contributed by atoms with Crippen LogP contribution in [0, 0.1) is 5.82 Å². The summed E-state index contributed by atoms with van der Waals surface area (Å²) in [6, 6.07) is 11.5. The van der Waals surface area contributed by atoms with Gasteiger partial charge in [0.05, 0.1) is 5.69 Å². The molecule has 1 aromatic carbocycles. The fourth-order valence-corrected chi connectivity index (χ4v) is 3.42. The van der Waals surface area contributed by atoms with E-state index in [0.717, 1.165) is 49.9 Å². The van der Waals surface area contributed by atoms with Crippen LogP contribution in [0.15, 0.2) is 64.4 Å². The minimum atomic E-state index is -0.302. The van der Waals surface area contributed by atoms with Crippen molar-refractivity contribution < 1.29 is 13.7 Å². The molecule has 1 aliphatic heterocycles. The average Bonchev–Trinajstić information content (AvgIpc) is 3.30. The van der Waals surface area contributed by atoms with E-state index in [1.54, 1.807) is 31.6 Å². The molecule has 31 heavy (non-hydrogen) atoms. The van der Waals surface area contributed by atoms with Crippen molar-refractivity contribution in [2.45, 2.75) is 13.1 Å². The molecule has 4 rings (SSSR count). The van der Waals surface area contributed by atoms with E-state index >= 15 is 0 Å². The number of pyridine rings is 1. The van der Waals surface area contributed by atoms with E-state index in [2.05, 4.69) is 30.2 Å². The summed E-state index contributed by atoms with van der Waals surface area (Å²) in [5.74, 6) is 1.56. The highest BCUT2D eigenvalue weighted by molar-refractivity contribution is 5.80. The number of rotatable bonds is 6. The lowest BCUT2D eigenvalue weighted by Gasteiger charge is -2.36. The summed E-state index contributed by atoms with van der Waals surface area (Å²) in [6.07, 6.45) is 3.30. The molecule has 0 radical (unpaired) electrons. The van der Waals surface area contributed by atoms with Gasteiger partial charge in [0.2, 0.25) is 5.88 Å². The van der Waals surface area contributed by atoms with Gasteiger partial charge >= 0.3 is 0 Å². The molecule has 0 amide bonds. The normalized spacial score (nSPS) is 15.2. The van der Waals surface area contributed by atoms with Crippen LogP contribution in [0.3, 0.4) is 0 Å². The number of hydrogen-bond donors (Lipinski definition) is 1. The monoisotopic (exact) mass is 424 g/mol. The lowest BCUT2D eigenvalue weighted by molar-refractivity contribution is 0.169. The lowest BCUT2D eigenvalue weighted by atomic mass is 10.2. The van der Waals surface area contributed by atoms with Crippen LogP contribution in [0.1, 0.15) is 11.3 Å². The van der Waals surface area contributed by atoms with E-state index in [-0.39, 0.29) is 5.82 Å². The minimum Gasteiger partial charge on any atom is -0.439 e. The molecule has 1 N–H and O–H groups in total. The van der Waals surface area contributed by atoms with E-state index in [0.29, 0.717) is 18.2 Å². The second-order valence-corrected chi connectivity index (χ2v) is 7.21. The molecule has 3 aromatic rings. The number of aliphatic imine (C=N–C) groups is 1. The van der Waals surface area contributed by atoms with Crippen LogP contribution >= 0.6 is 0 Å². The number of nitrogens with zero attached hydrogens (tertiary/aromatic N) is 5. The van der Waals surface area contributed by atoms with E-state index in [1.165, 1.54) is 12.1 Å². The van der Waals surface area contributed by atoms with Crippen molar-refractivity contribution in [3.05, 3.63) is 72.0 Å². The van der Waals surface area contributed by atoms with Gasteiger partial charge in [-0.25, -0.2) is 9.37 Å². The first kappa shape index (κ1) is 20.8. The zero-order valence-electron chi connectivity index (χ0n) is 17.4. The predicted molar refractivity (Wildman–Crippen MR) is 114 cm³/mol. The molecule has 162 valence electrons. The summed E-state index contributed by atoms with van der Waals surface area (Å²) >= 11 is 0. The molecule has 0 saturated carbocycles. The van der Waals surface area contributed by atoms with Crippen molar-refractivity contribution in [1.29, 1.82) is 0 Å². The molecule has 0 bridgehead atoms. The molecule has 0 atom stereocenters. The van der Waals surface area contributed by atoms with Crippen LogP contribution in [0.4, 0.5) is 4.39 Å². The SMILES string of the molecule is CN=C(NCc1ccnc(Oc2ccc(F)cc2)c1)N1CCN(Cc2ccon2)CC1. The van der Waals surface area contributed by atoms with E-state index < -0.39 is 0 Å². The number of hydrogen-bond acceptors (Lipinski definition) is 6. The summed E-state index contributed by atoms with van der Waals surface area (Å²) in [4.78, 5) is 13.3. The Bertz CT molecular complexity index is 986. The number of benzene rings is 1. The maximum absolute atomic E-state index is 13.1. The van der Waals surface area contributed by atoms with Gasteiger partial charge in [-0.3, -0.25) is 9.89 Å². The summed E-state index contributed by atoms with van der Waals surface area (Å²) in [6.45, 7) is 5.01. The Balaban J connectivity index is 1.28. The van der Waals surface area contributed by atoms with Gasteiger partial charge in [-0.05, 0) is 35.9 Å². The lowest BCUT2D eigenvalue weighted by Crippen LogP contribution is -2.52. The van der Waals surface area contributed by atoms with Crippen molar-refractivity contribution in [3.8, 4) is 11.6 Å². The van der Waals surface area contributed by atoms with Crippen molar-refractivity contribution in [3.63, 3.8) is 0 Å². The molecule has 3 heterocycles. The van der Waals surface area contributed by atoms with Gasteiger partial charge in [-0.2, -0.15) is 0 Å². The number of guanidine groups is 1. The van der Waals surface area contributed by atoms with E-state index in [1.807, 2.05) is 18.2 Å². The third-order valence-corrected chi connectivity index (χ3v) is 5.05. The molecule has 1 fully saturated rings. The quantitative estimate of drug-likeness (QED) is 0.481. The zero-order chi connectivity index (χ0) is 21.5. The molecule has 0 spiro atoms. The first-order valence-corrected chi connectivity index (χ1v) is 10.1. The van der Waals surface area contributed by atoms with Crippen LogP contribution in [-0.4, -0.2) is 59.1 Å². The van der Waals surface area contributed by atoms with E-state index in [4.69, 9.17) is 9.26 Å². The molecule has 0 aliphatic carbocycles. The van der Waals surface area contributed by atoms with Crippen molar-refractivity contribution in [1.82, 2.24) is 25.3 Å². The smallest absolute Gasteiger partial charge is 0.219 e. The summed E-state index contributed by atoms with van der Waals surface area (Å²) in [5.41, 5.74) is 1.96. The van der Waals surface area contributed by atoms with Crippen LogP contribution in [0.5, 0.6) is 11.6 Å². The van der Waals surface area contributed by atoms with Gasteiger partial charge < -0.3 is 19.5 Å². The predicted octanol–water partition coefficient (Wildman–Crippen LogP) is 2.89. The highest BCUT2D eigenvalue weighted by atomic mass is 19.1. The van der Waals surface area contributed by atoms with Gasteiger partial charge in [0.1, 0.15) is 17.8 Å². The molecular weight excluding hydrogens is 399 g/mol. The third kappa shape index (κ3) is 5.79. The fourth-order valence-electron chi connectivity index (χ4n) is 3.42. The Morgan fingerprint density at radius 2 is 1.97 bits per heavy atom. The fraction of sp³-hybridized carbons (Fsp3) is 0.318. The first-order valence-electron chi connectivity index (χ1n) is 10.1. The second-order valence-electron chi connectivity index (χ2n) is 7.21. The molecule has 0 unspecified atom stereocenters. The Hall–Kier alpha value is -3.46. The van der Waals surface area contributed by atoms with Crippen molar-refractivity contribution >= 4 is 5.96 Å². The molecule has 1 aliphatic rings. The van der Waals surface area contributed by atoms with Gasteiger partial charge in [-0.1, -0.05) is 5.16 Å². The van der Waals surface area contributed by atoms with Gasteiger partial charge in [0.15, 0.2) is 5.96 Å². The Labute approximate surface area is 180 Å². The van der Waals surface area contributed by atoms with Crippen LogP contribution < -0.4 is 10.1 Å². The summed E-state index contributed by atoms with van der Waals surface area (Å²) in [5, 5.41) is 7.39. The third-order valence-electron chi connectivity index (χ3n) is 5.05. The largest absolute Gasteiger partial charge is 0.439 e. The Morgan fingerprint density at radius 3 is 2.68 bits per heavy atom. The van der Waals surface area contributed by atoms with Crippen molar-refractivity contribution in [2.24, 2.45) is 4.99 Å².